The molecule has 0 radical (unpaired) electrons. The summed E-state index contributed by atoms with van der Waals surface area (Å²) in [4.78, 5) is 0. The Labute approximate surface area is 187 Å². The van der Waals surface area contributed by atoms with Crippen molar-refractivity contribution in [2.45, 2.75) is 25.7 Å². The average Bonchev–Trinajstić information content (AvgIpc) is 3.45. The highest BCUT2D eigenvalue weighted by Gasteiger charge is 2.48. The minimum absolute atomic E-state index is 0.662. The Bertz CT molecular complexity index is 1540. The molecule has 3 heterocycles. The first-order chi connectivity index (χ1) is 15.9. The molecule has 32 heavy (non-hydrogen) atoms. The largest absolute Gasteiger partial charge is 0.371 e. The van der Waals surface area contributed by atoms with Gasteiger partial charge in [0.05, 0.1) is 0 Å². The van der Waals surface area contributed by atoms with E-state index in [4.69, 9.17) is 0 Å². The second-order valence-electron chi connectivity index (χ2n) is 9.71. The lowest BCUT2D eigenvalue weighted by Crippen LogP contribution is -2.58. The van der Waals surface area contributed by atoms with Crippen LogP contribution in [0.1, 0.15) is 30.4 Å². The van der Waals surface area contributed by atoms with Gasteiger partial charge < -0.3 is 0 Å². The van der Waals surface area contributed by atoms with Gasteiger partial charge in [0.25, 0.3) is 0 Å². The van der Waals surface area contributed by atoms with Gasteiger partial charge in [-0.05, 0) is 47.1 Å². The summed E-state index contributed by atoms with van der Waals surface area (Å²) in [7, 11) is 0. The molecule has 0 bridgehead atoms. The lowest BCUT2D eigenvalue weighted by atomic mass is 9.71. The zero-order valence-corrected chi connectivity index (χ0v) is 18.0. The Morgan fingerprint density at radius 3 is 2.69 bits per heavy atom. The summed E-state index contributed by atoms with van der Waals surface area (Å²) in [5, 5.41) is 2.70. The molecule has 154 valence electrons. The quantitative estimate of drug-likeness (QED) is 0.248. The molecule has 2 nitrogen and oxygen atoms in total. The van der Waals surface area contributed by atoms with E-state index in [0.717, 1.165) is 5.92 Å². The zero-order valence-electron chi connectivity index (χ0n) is 18.0. The van der Waals surface area contributed by atoms with Crippen molar-refractivity contribution in [2.24, 2.45) is 11.8 Å². The second kappa shape index (κ2) is 6.04. The van der Waals surface area contributed by atoms with E-state index in [1.165, 1.54) is 70.0 Å². The third kappa shape index (κ3) is 2.01. The van der Waals surface area contributed by atoms with Crippen molar-refractivity contribution in [1.29, 1.82) is 0 Å². The first-order valence-electron chi connectivity index (χ1n) is 11.9. The maximum Gasteiger partial charge on any atom is 0.371 e. The van der Waals surface area contributed by atoms with Crippen molar-refractivity contribution in [3.05, 3.63) is 102 Å². The number of hydrogen-bond donors (Lipinski definition) is 0. The van der Waals surface area contributed by atoms with E-state index in [1.807, 2.05) is 0 Å². The summed E-state index contributed by atoms with van der Waals surface area (Å²) in [6.45, 7) is 0. The predicted molar refractivity (Wildman–Crippen MR) is 126 cm³/mol. The molecule has 1 fully saturated rings. The minimum atomic E-state index is 0.662. The van der Waals surface area contributed by atoms with Gasteiger partial charge in [0, 0.05) is 16.9 Å². The number of nitrogens with zero attached hydrogens (tertiary/aromatic N) is 2. The van der Waals surface area contributed by atoms with Crippen LogP contribution in [0.4, 0.5) is 0 Å². The summed E-state index contributed by atoms with van der Waals surface area (Å²) in [5.41, 5.74) is 9.83. The molecular formula is C30H24N2. The Hall–Kier alpha value is -3.52. The highest BCUT2D eigenvalue weighted by Crippen LogP contribution is 2.51. The van der Waals surface area contributed by atoms with Crippen LogP contribution in [-0.2, 0) is 6.42 Å². The van der Waals surface area contributed by atoms with Crippen LogP contribution in [0.5, 0.6) is 0 Å². The molecule has 2 unspecified atom stereocenters. The summed E-state index contributed by atoms with van der Waals surface area (Å²) >= 11 is 0. The summed E-state index contributed by atoms with van der Waals surface area (Å²) in [6.07, 6.45) is 7.54. The number of hydrogen-bond acceptors (Lipinski definition) is 0. The second-order valence-corrected chi connectivity index (χ2v) is 9.71. The van der Waals surface area contributed by atoms with E-state index >= 15 is 0 Å². The molecule has 2 aromatic heterocycles. The van der Waals surface area contributed by atoms with Crippen molar-refractivity contribution in [2.75, 3.05) is 0 Å². The Kier molecular flexibility index (Phi) is 3.22. The number of benzene rings is 3. The van der Waals surface area contributed by atoms with E-state index < -0.39 is 0 Å². The summed E-state index contributed by atoms with van der Waals surface area (Å²) in [5.74, 6) is 1.42. The van der Waals surface area contributed by atoms with Crippen LogP contribution in [0, 0.1) is 17.9 Å². The molecule has 1 aliphatic heterocycles. The van der Waals surface area contributed by atoms with Crippen LogP contribution in [0.15, 0.2) is 85.1 Å². The fourth-order valence-corrected chi connectivity index (χ4v) is 6.98. The molecule has 0 N–H and O–H groups in total. The molecule has 5 aromatic rings. The molecule has 2 heteroatoms. The zero-order chi connectivity index (χ0) is 20.8. The predicted octanol–water partition coefficient (Wildman–Crippen LogP) is 5.66. The molecule has 1 saturated carbocycles. The van der Waals surface area contributed by atoms with Gasteiger partial charge in [0.1, 0.15) is 12.2 Å². The highest BCUT2D eigenvalue weighted by molar-refractivity contribution is 6.02. The van der Waals surface area contributed by atoms with Gasteiger partial charge in [0.15, 0.2) is 11.2 Å². The van der Waals surface area contributed by atoms with Gasteiger partial charge in [-0.15, -0.1) is 18.2 Å². The van der Waals surface area contributed by atoms with Crippen LogP contribution >= 0.6 is 0 Å². The standard InChI is InChI=1S/C30H24N2/c1-2-8-19(9-3-1)21-15-16-27-28-25(21)18-20-10-6-12-22(20)29(28)31-17-7-13-24-23-11-4-5-14-26(23)32(27)30(24)31/h1-5,7-9,11,13-17,20,22H,6,10,12,18H2. The molecular weight excluding hydrogens is 388 g/mol. The SMILES string of the molecule is c1ccc(-c2ccc3c4c2CC2CCCC2[C-]4[n+]2cccc4c5cccc[c-]5[n+]-3c42)cc1. The van der Waals surface area contributed by atoms with E-state index in [1.54, 1.807) is 11.6 Å². The molecule has 2 atom stereocenters. The molecule has 3 aliphatic rings. The Balaban J connectivity index is 1.54. The Morgan fingerprint density at radius 2 is 1.75 bits per heavy atom. The average molecular weight is 413 g/mol. The van der Waals surface area contributed by atoms with Crippen molar-refractivity contribution in [3.8, 4) is 16.8 Å². The van der Waals surface area contributed by atoms with E-state index in [9.17, 15) is 0 Å². The minimum Gasteiger partial charge on any atom is -0.205 e. The number of para-hydroxylation sites is 1. The van der Waals surface area contributed by atoms with Gasteiger partial charge in [-0.3, -0.25) is 0 Å². The normalized spacial score (nSPS) is 20.6. The molecule has 0 spiro atoms. The van der Waals surface area contributed by atoms with Crippen molar-refractivity contribution in [3.63, 3.8) is 0 Å². The van der Waals surface area contributed by atoms with Crippen LogP contribution in [0.2, 0.25) is 0 Å². The summed E-state index contributed by atoms with van der Waals surface area (Å²) < 4.78 is 5.08. The smallest absolute Gasteiger partial charge is 0.205 e. The molecule has 3 aromatic carbocycles. The number of pyridine rings is 1. The van der Waals surface area contributed by atoms with Crippen LogP contribution in [-0.4, -0.2) is 0 Å². The first-order valence-corrected chi connectivity index (χ1v) is 11.9. The van der Waals surface area contributed by atoms with Crippen LogP contribution < -0.4 is 9.13 Å². The molecule has 2 aliphatic carbocycles. The maximum atomic E-state index is 2.55. The molecule has 0 saturated heterocycles. The van der Waals surface area contributed by atoms with E-state index in [0.29, 0.717) is 5.92 Å². The van der Waals surface area contributed by atoms with Gasteiger partial charge >= 0.3 is 5.65 Å². The van der Waals surface area contributed by atoms with Gasteiger partial charge in [-0.2, -0.15) is 4.57 Å². The van der Waals surface area contributed by atoms with E-state index in [2.05, 4.69) is 94.2 Å². The monoisotopic (exact) mass is 412 g/mol. The van der Waals surface area contributed by atoms with Crippen LogP contribution in [0.3, 0.4) is 0 Å². The van der Waals surface area contributed by atoms with Crippen molar-refractivity contribution in [1.82, 2.24) is 0 Å². The number of aromatic nitrogens is 2. The lowest BCUT2D eigenvalue weighted by molar-refractivity contribution is -0.717. The van der Waals surface area contributed by atoms with Gasteiger partial charge in [-0.25, -0.2) is 4.57 Å². The summed E-state index contributed by atoms with van der Waals surface area (Å²) in [6, 6.07) is 30.8. The third-order valence-electron chi connectivity index (χ3n) is 8.22. The van der Waals surface area contributed by atoms with Crippen molar-refractivity contribution >= 4 is 21.9 Å². The van der Waals surface area contributed by atoms with Gasteiger partial charge in [-0.1, -0.05) is 67.3 Å². The van der Waals surface area contributed by atoms with Gasteiger partial charge in [0.2, 0.25) is 0 Å². The number of rotatable bonds is 1. The maximum absolute atomic E-state index is 2.55. The van der Waals surface area contributed by atoms with Crippen molar-refractivity contribution < 1.29 is 9.13 Å². The fraction of sp³-hybridized carbons (Fsp3) is 0.200. The fourth-order valence-electron chi connectivity index (χ4n) is 6.98. The molecule has 8 rings (SSSR count). The third-order valence-corrected chi connectivity index (χ3v) is 8.22. The topological polar surface area (TPSA) is 7.76 Å². The Morgan fingerprint density at radius 1 is 0.844 bits per heavy atom. The van der Waals surface area contributed by atoms with Crippen LogP contribution in [0.25, 0.3) is 38.8 Å². The molecule has 0 amide bonds. The first kappa shape index (κ1) is 17.1. The number of fused-ring (bicyclic) bond motifs is 7. The van der Waals surface area contributed by atoms with E-state index in [-0.39, 0.29) is 0 Å². The lowest BCUT2D eigenvalue weighted by Gasteiger charge is -2.38. The highest BCUT2D eigenvalue weighted by atomic mass is 15.2.